The Labute approximate surface area is 349 Å². The van der Waals surface area contributed by atoms with Crippen molar-refractivity contribution >= 4 is 103 Å². The molecule has 2 unspecified atom stereocenters. The highest BCUT2D eigenvalue weighted by Crippen LogP contribution is 2.33. The second-order valence-electron chi connectivity index (χ2n) is 9.62. The van der Waals surface area contributed by atoms with E-state index in [1.54, 1.807) is 48.5 Å². The van der Waals surface area contributed by atoms with Crippen LogP contribution in [0.1, 0.15) is 27.7 Å². The Morgan fingerprint density at radius 1 is 0.551 bits per heavy atom. The number of hydrogen-bond acceptors (Lipinski definition) is 10. The maximum Gasteiger partial charge on any atom is 0.519 e. The van der Waals surface area contributed by atoms with Gasteiger partial charge in [0, 0.05) is 13.2 Å². The van der Waals surface area contributed by atoms with Crippen LogP contribution in [0.2, 0.25) is 0 Å². The molecule has 260 valence electrons. The number of rotatable bonds is 14. The van der Waals surface area contributed by atoms with Gasteiger partial charge in [-0.25, -0.2) is 9.59 Å². The molecule has 0 N–H and O–H groups in total. The average Bonchev–Trinajstić information content (AvgIpc) is 3.04. The van der Waals surface area contributed by atoms with Crippen LogP contribution in [0.4, 0.5) is 9.59 Å². The average molecular weight is 1230 g/mol. The third kappa shape index (κ3) is 12.9. The molecule has 0 aliphatic rings. The Bertz CT molecular complexity index is 1610. The molecule has 0 radical (unpaired) electrons. The van der Waals surface area contributed by atoms with Crippen molar-refractivity contribution in [1.29, 1.82) is 0 Å². The smallest absolute Gasteiger partial charge is 0.464 e. The minimum atomic E-state index is -0.843. The molecule has 4 aromatic rings. The van der Waals surface area contributed by atoms with E-state index >= 15 is 0 Å². The van der Waals surface area contributed by atoms with Gasteiger partial charge in [-0.3, -0.25) is 0 Å². The first kappa shape index (κ1) is 40.4. The van der Waals surface area contributed by atoms with Crippen LogP contribution in [-0.4, -0.2) is 38.1 Å². The largest absolute Gasteiger partial charge is 0.519 e. The van der Waals surface area contributed by atoms with E-state index in [9.17, 15) is 9.59 Å². The van der Waals surface area contributed by atoms with Gasteiger partial charge in [0.1, 0.15) is 34.5 Å². The fourth-order valence-corrected chi connectivity index (χ4v) is 8.31. The highest BCUT2D eigenvalue weighted by molar-refractivity contribution is 14.1. The Hall–Kier alpha value is -1.41. The van der Waals surface area contributed by atoms with Crippen molar-refractivity contribution in [1.82, 2.24) is 0 Å². The van der Waals surface area contributed by atoms with Crippen molar-refractivity contribution in [2.45, 2.75) is 40.3 Å². The van der Waals surface area contributed by atoms with Gasteiger partial charge in [0.25, 0.3) is 0 Å². The maximum atomic E-state index is 12.5. The van der Waals surface area contributed by atoms with Crippen molar-refractivity contribution in [2.75, 3.05) is 13.2 Å². The van der Waals surface area contributed by atoms with Crippen LogP contribution in [0.3, 0.4) is 0 Å². The van der Waals surface area contributed by atoms with Gasteiger partial charge >= 0.3 is 33.5 Å². The lowest BCUT2D eigenvalue weighted by molar-refractivity contribution is -0.597. The molecule has 0 saturated heterocycles. The van der Waals surface area contributed by atoms with Crippen LogP contribution in [0, 0.1) is 21.4 Å². The summed E-state index contributed by atoms with van der Waals surface area (Å²) in [5.74, 6) is 2.73. The van der Waals surface area contributed by atoms with Crippen molar-refractivity contribution in [3.05, 3.63) is 94.2 Å². The minimum Gasteiger partial charge on any atom is -0.464 e. The predicted molar refractivity (Wildman–Crippen MR) is 211 cm³/mol. The second kappa shape index (κ2) is 20.0. The third-order valence-electron chi connectivity index (χ3n) is 6.00. The summed E-state index contributed by atoms with van der Waals surface area (Å²) in [5, 5.41) is 0. The van der Waals surface area contributed by atoms with Crippen molar-refractivity contribution in [3.8, 4) is 34.5 Å². The summed E-state index contributed by atoms with van der Waals surface area (Å²) in [7, 11) is 0. The summed E-state index contributed by atoms with van der Waals surface area (Å²) in [6.07, 6.45) is -2.49. The van der Waals surface area contributed by atoms with Crippen molar-refractivity contribution in [2.24, 2.45) is 0 Å². The zero-order chi connectivity index (χ0) is 35.5. The summed E-state index contributed by atoms with van der Waals surface area (Å²) in [6.45, 7) is 8.51. The topological polar surface area (TPSA) is 108 Å². The Morgan fingerprint density at radius 3 is 1.22 bits per heavy atom. The Kier molecular flexibility index (Phi) is 16.5. The molecular weight excluding hydrogens is 1200 g/mol. The van der Waals surface area contributed by atoms with E-state index in [0.29, 0.717) is 54.9 Å². The summed E-state index contributed by atoms with van der Waals surface area (Å²) >= 11 is 7.84. The van der Waals surface area contributed by atoms with Gasteiger partial charge in [0.05, 0.1) is 14.3 Å². The summed E-state index contributed by atoms with van der Waals surface area (Å²) < 4.78 is 49.3. The van der Waals surface area contributed by atoms with Gasteiger partial charge in [0.15, 0.2) is 19.7 Å². The monoisotopic (exact) mass is 1230 g/mol. The van der Waals surface area contributed by atoms with Crippen LogP contribution in [0.5, 0.6) is 34.5 Å². The molecular formula is C34H30I5O10+. The quantitative estimate of drug-likeness (QED) is 0.0573. The first-order chi connectivity index (χ1) is 23.4. The molecule has 0 bridgehead atoms. The Balaban J connectivity index is 1.27. The highest BCUT2D eigenvalue weighted by atomic mass is 127. The number of carbonyl (C=O) groups excluding carboxylic acids is 2. The van der Waals surface area contributed by atoms with E-state index in [0.717, 1.165) is 14.3 Å². The number of carbonyl (C=O) groups is 2. The van der Waals surface area contributed by atoms with Crippen LogP contribution < -0.4 is 49.6 Å². The highest BCUT2D eigenvalue weighted by Gasteiger charge is 2.20. The third-order valence-corrected chi connectivity index (χ3v) is 12.1. The summed E-state index contributed by atoms with van der Waals surface area (Å²) in [6, 6.07) is 21.5. The standard InChI is InChI=1S/C34H30I5O10/c1-5-42-19(3)44-29-15-27(37)31(17-25(29)35)48-33(40)46-23-11-7-21(8-12-23)39-22-9-13-24(14-10-22)47-34(41)49-32-18-26(36)30(16-28(32)38)45-20(4)43-6-2/h7-20H,5-6H2,1-4H3/q+1. The second-order valence-corrected chi connectivity index (χ2v) is 17.3. The molecule has 0 aliphatic heterocycles. The SMILES string of the molecule is CCOC(C)Oc1cc(I)c(OC(=O)Oc2ccc([I+]c3ccc(OC(=O)Oc4cc(I)c(OC(C)OCC)cc4I)cc3)cc2)cc1I. The summed E-state index contributed by atoms with van der Waals surface area (Å²) in [4.78, 5) is 25.1. The van der Waals surface area contributed by atoms with E-state index in [4.69, 9.17) is 37.9 Å². The molecule has 49 heavy (non-hydrogen) atoms. The number of ether oxygens (including phenoxy) is 8. The minimum absolute atomic E-state index is 0.363. The fourth-order valence-electron chi connectivity index (χ4n) is 3.92. The molecule has 0 aromatic heterocycles. The molecule has 10 nitrogen and oxygen atoms in total. The number of benzene rings is 4. The molecule has 4 aromatic carbocycles. The molecule has 0 aliphatic carbocycles. The zero-order valence-electron chi connectivity index (χ0n) is 26.5. The van der Waals surface area contributed by atoms with E-state index in [-0.39, 0.29) is 0 Å². The van der Waals surface area contributed by atoms with Crippen LogP contribution in [-0.2, 0) is 9.47 Å². The molecule has 0 spiro atoms. The first-order valence-electron chi connectivity index (χ1n) is 14.6. The molecule has 0 saturated carbocycles. The molecule has 0 heterocycles. The Morgan fingerprint density at radius 2 is 0.878 bits per heavy atom. The van der Waals surface area contributed by atoms with Gasteiger partial charge < -0.3 is 37.9 Å². The molecule has 2 atom stereocenters. The normalized spacial score (nSPS) is 12.1. The van der Waals surface area contributed by atoms with E-state index in [1.165, 1.54) is 0 Å². The van der Waals surface area contributed by atoms with Crippen molar-refractivity contribution in [3.63, 3.8) is 0 Å². The van der Waals surface area contributed by atoms with E-state index in [2.05, 4.69) is 90.4 Å². The van der Waals surface area contributed by atoms with Crippen LogP contribution in [0.15, 0.2) is 72.8 Å². The van der Waals surface area contributed by atoms with Crippen LogP contribution >= 0.6 is 90.4 Å². The zero-order valence-corrected chi connectivity index (χ0v) is 37.3. The van der Waals surface area contributed by atoms with Gasteiger partial charge in [-0.15, -0.1) is 0 Å². The van der Waals surface area contributed by atoms with Gasteiger partial charge in [-0.2, -0.15) is 0 Å². The van der Waals surface area contributed by atoms with Gasteiger partial charge in [-0.1, -0.05) is 0 Å². The summed E-state index contributed by atoms with van der Waals surface area (Å²) in [5.41, 5.74) is 0. The number of hydrogen-bond donors (Lipinski definition) is 0. The van der Waals surface area contributed by atoms with E-state index in [1.807, 2.05) is 52.0 Å². The first-order valence-corrected chi connectivity index (χ1v) is 21.1. The predicted octanol–water partition coefficient (Wildman–Crippen LogP) is 6.91. The molecule has 0 amide bonds. The number of halogens is 5. The molecule has 0 fully saturated rings. The molecule has 15 heteroatoms. The lowest BCUT2D eigenvalue weighted by atomic mass is 10.3. The lowest BCUT2D eigenvalue weighted by Gasteiger charge is -2.16. The van der Waals surface area contributed by atoms with E-state index < -0.39 is 46.1 Å². The van der Waals surface area contributed by atoms with Gasteiger partial charge in [-0.05, 0) is 191 Å². The fraction of sp³-hybridized carbons (Fsp3) is 0.235. The van der Waals surface area contributed by atoms with Gasteiger partial charge in [0.2, 0.25) is 0 Å². The lowest BCUT2D eigenvalue weighted by Crippen LogP contribution is -3.61. The molecule has 4 rings (SSSR count). The van der Waals surface area contributed by atoms with Crippen molar-refractivity contribution < 1.29 is 68.7 Å². The maximum absolute atomic E-state index is 12.5. The van der Waals surface area contributed by atoms with Crippen LogP contribution in [0.25, 0.3) is 0 Å².